The second-order valence-electron chi connectivity index (χ2n) is 12.3. The van der Waals surface area contributed by atoms with Gasteiger partial charge in [-0.2, -0.15) is 0 Å². The maximum Gasteiger partial charge on any atom is 0.420 e. The molecule has 13 heteroatoms. The van der Waals surface area contributed by atoms with Gasteiger partial charge < -0.3 is 30.0 Å². The highest BCUT2D eigenvalue weighted by Crippen LogP contribution is 2.22. The van der Waals surface area contributed by atoms with Gasteiger partial charge >= 0.3 is 24.1 Å². The zero-order valence-electron chi connectivity index (χ0n) is 26.3. The van der Waals surface area contributed by atoms with Gasteiger partial charge in [0.1, 0.15) is 29.7 Å². The van der Waals surface area contributed by atoms with Crippen molar-refractivity contribution >= 4 is 41.1 Å². The number of fused-ring (bicyclic) bond motifs is 1. The average molecular weight is 625 g/mol. The van der Waals surface area contributed by atoms with Crippen LogP contribution in [0, 0.1) is 0 Å². The van der Waals surface area contributed by atoms with E-state index in [0.717, 1.165) is 5.56 Å². The van der Waals surface area contributed by atoms with Crippen molar-refractivity contribution in [1.29, 1.82) is 0 Å². The lowest BCUT2D eigenvalue weighted by molar-refractivity contribution is -0.157. The minimum absolute atomic E-state index is 0.0195. The predicted molar refractivity (Wildman–Crippen MR) is 164 cm³/mol. The molecule has 3 rings (SSSR count). The molecule has 1 atom stereocenters. The highest BCUT2D eigenvalue weighted by molar-refractivity contribution is 5.99. The molecule has 3 N–H and O–H groups in total. The number of nitrogens with zero attached hydrogens (tertiary/aromatic N) is 2. The molecule has 0 saturated heterocycles. The van der Waals surface area contributed by atoms with E-state index in [-0.39, 0.29) is 38.0 Å². The fourth-order valence-corrected chi connectivity index (χ4v) is 4.12. The van der Waals surface area contributed by atoms with Gasteiger partial charge in [-0.1, -0.05) is 30.3 Å². The quantitative estimate of drug-likeness (QED) is 0.202. The molecular formula is C32H40N4O9. The molecule has 0 fully saturated rings. The second kappa shape index (κ2) is 14.7. The monoisotopic (exact) mass is 624 g/mol. The highest BCUT2D eigenvalue weighted by atomic mass is 16.6. The van der Waals surface area contributed by atoms with Gasteiger partial charge in [-0.15, -0.1) is 0 Å². The number of ether oxygens (including phenoxy) is 3. The Balaban J connectivity index is 1.78. The van der Waals surface area contributed by atoms with E-state index in [2.05, 4.69) is 15.6 Å². The number of rotatable bonds is 11. The molecule has 1 unspecified atom stereocenters. The maximum atomic E-state index is 13.2. The van der Waals surface area contributed by atoms with Crippen LogP contribution in [0.3, 0.4) is 0 Å². The number of carboxylic acid groups (broad SMARTS) is 1. The minimum atomic E-state index is -1.26. The lowest BCUT2D eigenvalue weighted by Gasteiger charge is -2.24. The van der Waals surface area contributed by atoms with Crippen LogP contribution >= 0.6 is 0 Å². The lowest BCUT2D eigenvalue weighted by Crippen LogP contribution is -2.50. The van der Waals surface area contributed by atoms with E-state index in [1.807, 2.05) is 6.07 Å². The first-order valence-corrected chi connectivity index (χ1v) is 14.5. The van der Waals surface area contributed by atoms with Crippen molar-refractivity contribution in [2.45, 2.75) is 84.7 Å². The molecule has 242 valence electrons. The molecule has 3 aromatic rings. The number of esters is 1. The zero-order chi connectivity index (χ0) is 33.4. The van der Waals surface area contributed by atoms with E-state index >= 15 is 0 Å². The number of hydrogen-bond acceptors (Lipinski definition) is 9. The van der Waals surface area contributed by atoms with Crippen LogP contribution in [0.2, 0.25) is 0 Å². The molecule has 0 aliphatic rings. The molecule has 0 aliphatic heterocycles. The number of imidazole rings is 1. The number of aryl methyl sites for hydroxylation is 1. The number of nitrogens with one attached hydrogen (secondary N) is 2. The molecular weight excluding hydrogens is 584 g/mol. The normalized spacial score (nSPS) is 12.2. The topological polar surface area (TPSA) is 175 Å². The minimum Gasteiger partial charge on any atom is -0.481 e. The maximum absolute atomic E-state index is 13.2. The Morgan fingerprint density at radius 2 is 1.60 bits per heavy atom. The first-order valence-electron chi connectivity index (χ1n) is 14.5. The van der Waals surface area contributed by atoms with Crippen molar-refractivity contribution < 1.29 is 43.3 Å². The van der Waals surface area contributed by atoms with Gasteiger partial charge in [0.25, 0.3) is 5.91 Å². The van der Waals surface area contributed by atoms with Gasteiger partial charge in [-0.25, -0.2) is 23.9 Å². The van der Waals surface area contributed by atoms with Crippen molar-refractivity contribution in [3.63, 3.8) is 0 Å². The van der Waals surface area contributed by atoms with Gasteiger partial charge in [-0.3, -0.25) is 9.59 Å². The Morgan fingerprint density at radius 3 is 2.22 bits per heavy atom. The van der Waals surface area contributed by atoms with Crippen molar-refractivity contribution in [2.75, 3.05) is 6.54 Å². The first kappa shape index (κ1) is 34.5. The first-order chi connectivity index (χ1) is 21.0. The fraction of sp³-hybridized carbons (Fsp3) is 0.438. The van der Waals surface area contributed by atoms with Crippen molar-refractivity contribution in [3.8, 4) is 0 Å². The van der Waals surface area contributed by atoms with Crippen molar-refractivity contribution in [2.24, 2.45) is 0 Å². The lowest BCUT2D eigenvalue weighted by atomic mass is 10.1. The number of carboxylic acids is 1. The van der Waals surface area contributed by atoms with E-state index < -0.39 is 47.3 Å². The van der Waals surface area contributed by atoms with Crippen molar-refractivity contribution in [1.82, 2.24) is 20.2 Å². The van der Waals surface area contributed by atoms with Gasteiger partial charge in [0.05, 0.1) is 11.0 Å². The Labute approximate surface area is 261 Å². The standard InChI is InChI=1S/C32H40N4O9/c1-31(2,3)44-28(40)23(35-29(41)43-19-20-11-8-7-9-12-20)18-33-27(39)21-15-16-24-22(17-21)34-25(13-10-14-26(37)38)36(24)30(42)45-32(4,5)6/h7-9,11-12,15-17,23H,10,13-14,18-19H2,1-6H3,(H,33,39)(H,35,41)(H,37,38). The molecule has 1 heterocycles. The summed E-state index contributed by atoms with van der Waals surface area (Å²) in [4.78, 5) is 67.1. The summed E-state index contributed by atoms with van der Waals surface area (Å²) in [7, 11) is 0. The molecule has 13 nitrogen and oxygen atoms in total. The van der Waals surface area contributed by atoms with Gasteiger partial charge in [-0.05, 0) is 71.7 Å². The summed E-state index contributed by atoms with van der Waals surface area (Å²) in [5.41, 5.74) is -0.0359. The molecule has 0 aliphatic carbocycles. The number of amides is 2. The summed E-state index contributed by atoms with van der Waals surface area (Å²) in [6, 6.07) is 12.2. The van der Waals surface area contributed by atoms with Crippen LogP contribution in [-0.4, -0.2) is 68.5 Å². The van der Waals surface area contributed by atoms with Gasteiger partial charge in [0.2, 0.25) is 0 Å². The molecule has 0 saturated carbocycles. The fourth-order valence-electron chi connectivity index (χ4n) is 4.12. The van der Waals surface area contributed by atoms with Crippen LogP contribution in [0.5, 0.6) is 0 Å². The van der Waals surface area contributed by atoms with Crippen LogP contribution in [0.25, 0.3) is 11.0 Å². The summed E-state index contributed by atoms with van der Waals surface area (Å²) in [5.74, 6) is -2.03. The summed E-state index contributed by atoms with van der Waals surface area (Å²) in [6.07, 6.45) is -1.24. The molecule has 2 amide bonds. The van der Waals surface area contributed by atoms with E-state index in [0.29, 0.717) is 16.9 Å². The number of hydrogen-bond donors (Lipinski definition) is 3. The molecule has 2 aromatic carbocycles. The third kappa shape index (κ3) is 10.9. The second-order valence-corrected chi connectivity index (χ2v) is 12.3. The molecule has 0 bridgehead atoms. The Kier molecular flexibility index (Phi) is 11.3. The van der Waals surface area contributed by atoms with Crippen LogP contribution in [0.1, 0.15) is 76.1 Å². The van der Waals surface area contributed by atoms with Crippen LogP contribution < -0.4 is 10.6 Å². The molecule has 0 spiro atoms. The van der Waals surface area contributed by atoms with E-state index in [1.54, 1.807) is 65.8 Å². The largest absolute Gasteiger partial charge is 0.481 e. The number of alkyl carbamates (subject to hydrolysis) is 1. The molecule has 0 radical (unpaired) electrons. The third-order valence-electron chi connectivity index (χ3n) is 6.02. The summed E-state index contributed by atoms with van der Waals surface area (Å²) in [5, 5.41) is 14.1. The number of benzene rings is 2. The SMILES string of the molecule is CC(C)(C)OC(=O)C(CNC(=O)c1ccc2c(c1)nc(CCCC(=O)O)n2C(=O)OC(C)(C)C)NC(=O)OCc1ccccc1. The van der Waals surface area contributed by atoms with Gasteiger partial charge in [0.15, 0.2) is 0 Å². The van der Waals surface area contributed by atoms with Gasteiger partial charge in [0, 0.05) is 24.9 Å². The highest BCUT2D eigenvalue weighted by Gasteiger charge is 2.28. The number of carbonyl (C=O) groups excluding carboxylic acids is 4. The summed E-state index contributed by atoms with van der Waals surface area (Å²) < 4.78 is 17.5. The third-order valence-corrected chi connectivity index (χ3v) is 6.02. The Morgan fingerprint density at radius 1 is 0.933 bits per heavy atom. The molecule has 45 heavy (non-hydrogen) atoms. The average Bonchev–Trinajstić information content (AvgIpc) is 3.30. The zero-order valence-corrected chi connectivity index (χ0v) is 26.3. The van der Waals surface area contributed by atoms with E-state index in [9.17, 15) is 24.0 Å². The number of aromatic nitrogens is 2. The Hall–Kier alpha value is -4.94. The smallest absolute Gasteiger partial charge is 0.420 e. The molecule has 1 aromatic heterocycles. The predicted octanol–water partition coefficient (Wildman–Crippen LogP) is 4.59. The van der Waals surface area contributed by atoms with Crippen LogP contribution in [-0.2, 0) is 36.8 Å². The number of aliphatic carboxylic acids is 1. The Bertz CT molecular complexity index is 1540. The van der Waals surface area contributed by atoms with E-state index in [4.69, 9.17) is 19.3 Å². The van der Waals surface area contributed by atoms with Crippen LogP contribution in [0.4, 0.5) is 9.59 Å². The van der Waals surface area contributed by atoms with E-state index in [1.165, 1.54) is 22.8 Å². The van der Waals surface area contributed by atoms with Crippen molar-refractivity contribution in [3.05, 3.63) is 65.5 Å². The number of carbonyl (C=O) groups is 5. The summed E-state index contributed by atoms with van der Waals surface area (Å²) in [6.45, 7) is 9.87. The summed E-state index contributed by atoms with van der Waals surface area (Å²) >= 11 is 0. The van der Waals surface area contributed by atoms with Crippen LogP contribution in [0.15, 0.2) is 48.5 Å².